The quantitative estimate of drug-likeness (QED) is 0.611. The molecule has 0 aromatic heterocycles. The Hall–Kier alpha value is -0.860. The van der Waals surface area contributed by atoms with Crippen molar-refractivity contribution in [3.63, 3.8) is 0 Å². The number of hydrogen-bond donors (Lipinski definition) is 0. The van der Waals surface area contributed by atoms with Crippen LogP contribution >= 0.6 is 0 Å². The molecule has 0 aliphatic carbocycles. The zero-order valence-electron chi connectivity index (χ0n) is 9.45. The average Bonchev–Trinajstić information content (AvgIpc) is 2.29. The first-order valence-electron chi connectivity index (χ1n) is 5.54. The van der Waals surface area contributed by atoms with Crippen molar-refractivity contribution >= 4 is 0 Å². The molecule has 0 atom stereocenters. The highest BCUT2D eigenvalue weighted by molar-refractivity contribution is 5.13. The third-order valence-corrected chi connectivity index (χ3v) is 2.25. The fraction of sp³-hybridized carbons (Fsp3) is 0.538. The van der Waals surface area contributed by atoms with E-state index in [1.807, 2.05) is 18.2 Å². The third kappa shape index (κ3) is 6.26. The van der Waals surface area contributed by atoms with E-state index in [1.54, 1.807) is 7.11 Å². The maximum Gasteiger partial charge on any atom is 0.0716 e. The lowest BCUT2D eigenvalue weighted by Gasteiger charge is -2.04. The van der Waals surface area contributed by atoms with Crippen LogP contribution in [0.2, 0.25) is 0 Å². The van der Waals surface area contributed by atoms with Crippen LogP contribution in [-0.4, -0.2) is 20.3 Å². The van der Waals surface area contributed by atoms with Gasteiger partial charge in [0.15, 0.2) is 0 Å². The van der Waals surface area contributed by atoms with Crippen molar-refractivity contribution in [2.75, 3.05) is 20.3 Å². The summed E-state index contributed by atoms with van der Waals surface area (Å²) in [4.78, 5) is 0. The lowest BCUT2D eigenvalue weighted by atomic mass is 10.2. The van der Waals surface area contributed by atoms with Gasteiger partial charge in [0.2, 0.25) is 0 Å². The maximum absolute atomic E-state index is 5.56. The topological polar surface area (TPSA) is 18.5 Å². The predicted octanol–water partition coefficient (Wildman–Crippen LogP) is 3.02. The standard InChI is InChI=1S/C13H20O2/c1-14-10-6-3-7-11-15-12-13-8-4-2-5-9-13/h2,4-5,8-9H,3,6-7,10-12H2,1H3. The van der Waals surface area contributed by atoms with Gasteiger partial charge >= 0.3 is 0 Å². The van der Waals surface area contributed by atoms with E-state index in [9.17, 15) is 0 Å². The first kappa shape index (κ1) is 12.2. The molecule has 0 unspecified atom stereocenters. The van der Waals surface area contributed by atoms with Crippen LogP contribution in [0.4, 0.5) is 0 Å². The molecule has 0 N–H and O–H groups in total. The minimum Gasteiger partial charge on any atom is -0.385 e. The summed E-state index contributed by atoms with van der Waals surface area (Å²) in [6.45, 7) is 2.43. The first-order valence-corrected chi connectivity index (χ1v) is 5.54. The normalized spacial score (nSPS) is 10.5. The SMILES string of the molecule is COCCCCCOCc1ccccc1. The third-order valence-electron chi connectivity index (χ3n) is 2.25. The number of hydrogen-bond acceptors (Lipinski definition) is 2. The van der Waals surface area contributed by atoms with Gasteiger partial charge in [-0.15, -0.1) is 0 Å². The Morgan fingerprint density at radius 3 is 2.40 bits per heavy atom. The number of unbranched alkanes of at least 4 members (excludes halogenated alkanes) is 2. The Morgan fingerprint density at radius 1 is 0.933 bits per heavy atom. The van der Waals surface area contributed by atoms with E-state index in [0.717, 1.165) is 32.7 Å². The van der Waals surface area contributed by atoms with Crippen molar-refractivity contribution in [2.45, 2.75) is 25.9 Å². The fourth-order valence-corrected chi connectivity index (χ4v) is 1.39. The summed E-state index contributed by atoms with van der Waals surface area (Å²) >= 11 is 0. The molecule has 84 valence electrons. The zero-order valence-corrected chi connectivity index (χ0v) is 9.45. The van der Waals surface area contributed by atoms with Crippen LogP contribution in [0.25, 0.3) is 0 Å². The first-order chi connectivity index (χ1) is 7.43. The lowest BCUT2D eigenvalue weighted by molar-refractivity contribution is 0.114. The number of rotatable bonds is 8. The Balaban J connectivity index is 1.93. The van der Waals surface area contributed by atoms with Gasteiger partial charge in [-0.3, -0.25) is 0 Å². The molecule has 0 spiro atoms. The molecule has 0 bridgehead atoms. The Bertz CT molecular complexity index is 234. The minimum atomic E-state index is 0.727. The summed E-state index contributed by atoms with van der Waals surface area (Å²) in [6, 6.07) is 10.3. The summed E-state index contributed by atoms with van der Waals surface area (Å²) in [6.07, 6.45) is 3.43. The predicted molar refractivity (Wildman–Crippen MR) is 61.8 cm³/mol. The van der Waals surface area contributed by atoms with Gasteiger partial charge in [-0.25, -0.2) is 0 Å². The van der Waals surface area contributed by atoms with Crippen LogP contribution < -0.4 is 0 Å². The fourth-order valence-electron chi connectivity index (χ4n) is 1.39. The number of ether oxygens (including phenoxy) is 2. The van der Waals surface area contributed by atoms with Crippen molar-refractivity contribution in [3.05, 3.63) is 35.9 Å². The van der Waals surface area contributed by atoms with Crippen molar-refractivity contribution < 1.29 is 9.47 Å². The van der Waals surface area contributed by atoms with Gasteiger partial charge in [0.25, 0.3) is 0 Å². The molecular formula is C13H20O2. The van der Waals surface area contributed by atoms with Crippen LogP contribution in [0.1, 0.15) is 24.8 Å². The second-order valence-corrected chi connectivity index (χ2v) is 3.59. The maximum atomic E-state index is 5.56. The molecular weight excluding hydrogens is 188 g/mol. The van der Waals surface area contributed by atoms with E-state index in [0.29, 0.717) is 0 Å². The van der Waals surface area contributed by atoms with Crippen LogP contribution in [0.15, 0.2) is 30.3 Å². The Labute approximate surface area is 92.2 Å². The summed E-state index contributed by atoms with van der Waals surface area (Å²) in [7, 11) is 1.74. The lowest BCUT2D eigenvalue weighted by Crippen LogP contribution is -1.96. The second kappa shape index (κ2) is 8.45. The van der Waals surface area contributed by atoms with Gasteiger partial charge in [-0.05, 0) is 24.8 Å². The van der Waals surface area contributed by atoms with Crippen LogP contribution in [0.3, 0.4) is 0 Å². The van der Waals surface area contributed by atoms with Gasteiger partial charge in [-0.2, -0.15) is 0 Å². The molecule has 0 saturated carbocycles. The molecule has 0 amide bonds. The molecule has 1 aromatic rings. The van der Waals surface area contributed by atoms with Gasteiger partial charge in [0.05, 0.1) is 6.61 Å². The van der Waals surface area contributed by atoms with E-state index >= 15 is 0 Å². The van der Waals surface area contributed by atoms with E-state index in [1.165, 1.54) is 12.0 Å². The molecule has 0 aliphatic heterocycles. The van der Waals surface area contributed by atoms with Crippen molar-refractivity contribution in [1.29, 1.82) is 0 Å². The Morgan fingerprint density at radius 2 is 1.67 bits per heavy atom. The molecule has 2 heteroatoms. The molecule has 1 aromatic carbocycles. The van der Waals surface area contributed by atoms with E-state index in [4.69, 9.17) is 9.47 Å². The summed E-state index contributed by atoms with van der Waals surface area (Å²) in [5.41, 5.74) is 1.24. The highest BCUT2D eigenvalue weighted by Crippen LogP contribution is 2.02. The number of methoxy groups -OCH3 is 1. The van der Waals surface area contributed by atoms with Gasteiger partial charge < -0.3 is 9.47 Å². The highest BCUT2D eigenvalue weighted by atomic mass is 16.5. The van der Waals surface area contributed by atoms with E-state index < -0.39 is 0 Å². The van der Waals surface area contributed by atoms with E-state index in [-0.39, 0.29) is 0 Å². The average molecular weight is 208 g/mol. The van der Waals surface area contributed by atoms with Gasteiger partial charge in [0.1, 0.15) is 0 Å². The molecule has 15 heavy (non-hydrogen) atoms. The minimum absolute atomic E-state index is 0.727. The molecule has 0 fully saturated rings. The second-order valence-electron chi connectivity index (χ2n) is 3.59. The van der Waals surface area contributed by atoms with Gasteiger partial charge in [0, 0.05) is 20.3 Å². The summed E-state index contributed by atoms with van der Waals surface area (Å²) < 4.78 is 10.5. The van der Waals surface area contributed by atoms with Crippen molar-refractivity contribution in [1.82, 2.24) is 0 Å². The summed E-state index contributed by atoms with van der Waals surface area (Å²) in [5.74, 6) is 0. The monoisotopic (exact) mass is 208 g/mol. The zero-order chi connectivity index (χ0) is 10.8. The van der Waals surface area contributed by atoms with Crippen LogP contribution in [0, 0.1) is 0 Å². The Kier molecular flexibility index (Phi) is 6.88. The molecule has 0 saturated heterocycles. The van der Waals surface area contributed by atoms with Crippen LogP contribution in [-0.2, 0) is 16.1 Å². The smallest absolute Gasteiger partial charge is 0.0716 e. The molecule has 1 rings (SSSR count). The molecule has 0 heterocycles. The van der Waals surface area contributed by atoms with Crippen molar-refractivity contribution in [3.8, 4) is 0 Å². The summed E-state index contributed by atoms with van der Waals surface area (Å²) in [5, 5.41) is 0. The molecule has 0 aliphatic rings. The van der Waals surface area contributed by atoms with Crippen LogP contribution in [0.5, 0.6) is 0 Å². The number of benzene rings is 1. The highest BCUT2D eigenvalue weighted by Gasteiger charge is 1.92. The van der Waals surface area contributed by atoms with Gasteiger partial charge in [-0.1, -0.05) is 30.3 Å². The molecule has 0 radical (unpaired) electrons. The molecule has 2 nitrogen and oxygen atoms in total. The van der Waals surface area contributed by atoms with E-state index in [2.05, 4.69) is 12.1 Å². The largest absolute Gasteiger partial charge is 0.385 e. The van der Waals surface area contributed by atoms with Crippen molar-refractivity contribution in [2.24, 2.45) is 0 Å².